The zero-order valence-electron chi connectivity index (χ0n) is 39.3. The number of hydrogen-bond acceptors (Lipinski definition) is 5. The summed E-state index contributed by atoms with van der Waals surface area (Å²) in [4.78, 5) is 26.1. The Morgan fingerprint density at radius 3 is 1.55 bits per heavy atom. The molecule has 0 aromatic heterocycles. The van der Waals surface area contributed by atoms with Gasteiger partial charge in [0.25, 0.3) is 0 Å². The van der Waals surface area contributed by atoms with Crippen LogP contribution in [-0.4, -0.2) is 46.9 Å². The number of esters is 1. The molecule has 0 fully saturated rings. The van der Waals surface area contributed by atoms with Gasteiger partial charge in [0.2, 0.25) is 5.91 Å². The summed E-state index contributed by atoms with van der Waals surface area (Å²) in [5.74, 6) is -0.517. The molecule has 0 aromatic rings. The van der Waals surface area contributed by atoms with Crippen molar-refractivity contribution >= 4 is 11.9 Å². The van der Waals surface area contributed by atoms with Gasteiger partial charge < -0.3 is 20.3 Å². The molecule has 0 aliphatic heterocycles. The number of carbonyl (C=O) groups excluding carboxylic acids is 2. The van der Waals surface area contributed by atoms with Crippen molar-refractivity contribution in [2.45, 2.75) is 251 Å². The predicted molar refractivity (Wildman–Crippen MR) is 259 cm³/mol. The lowest BCUT2D eigenvalue weighted by Gasteiger charge is -2.24. The second kappa shape index (κ2) is 47.4. The molecule has 3 N–H and O–H groups in total. The van der Waals surface area contributed by atoms with Crippen molar-refractivity contribution in [3.05, 3.63) is 72.9 Å². The Kier molecular flexibility index (Phi) is 45.2. The number of rotatable bonds is 44. The van der Waals surface area contributed by atoms with Gasteiger partial charge in [-0.05, 0) is 70.6 Å². The third-order valence-corrected chi connectivity index (χ3v) is 11.1. The summed E-state index contributed by atoms with van der Waals surface area (Å²) in [5.41, 5.74) is 0. The van der Waals surface area contributed by atoms with Crippen molar-refractivity contribution < 1.29 is 24.5 Å². The van der Waals surface area contributed by atoms with Crippen LogP contribution in [0.5, 0.6) is 0 Å². The first-order valence-corrected chi connectivity index (χ1v) is 25.2. The molecule has 6 heteroatoms. The standard InChI is InChI=1S/C54H95NO5/c1-4-7-10-13-16-19-22-25-27-29-32-35-38-41-44-47-54(59)60-50(45-42-39-36-33-30-24-21-18-15-12-9-6-3)48-53(58)55-51(49-56)52(57)46-43-40-37-34-31-28-26-23-20-17-14-11-8-5-2/h7,9-10,12-13,16,18-19,21-22,25,27,50-52,56-57H,4-6,8,11,14-15,17,20,23-24,26,28-49H2,1-3H3,(H,55,58)/b10-7+,12-9+,16-13+,21-18+,22-19+,27-25-. The fourth-order valence-electron chi connectivity index (χ4n) is 7.36. The van der Waals surface area contributed by atoms with Crippen molar-refractivity contribution in [3.63, 3.8) is 0 Å². The quantitative estimate of drug-likeness (QED) is 0.0246. The number of ether oxygens (including phenoxy) is 1. The monoisotopic (exact) mass is 838 g/mol. The van der Waals surface area contributed by atoms with E-state index in [0.29, 0.717) is 19.3 Å². The minimum absolute atomic E-state index is 0.0555. The highest BCUT2D eigenvalue weighted by Gasteiger charge is 2.24. The van der Waals surface area contributed by atoms with Crippen LogP contribution in [0.4, 0.5) is 0 Å². The normalized spacial score (nSPS) is 13.9. The summed E-state index contributed by atoms with van der Waals surface area (Å²) in [6.07, 6.45) is 59.6. The molecule has 1 amide bonds. The first-order chi connectivity index (χ1) is 29.5. The first-order valence-electron chi connectivity index (χ1n) is 25.2. The number of carbonyl (C=O) groups is 2. The van der Waals surface area contributed by atoms with Crippen LogP contribution in [0.2, 0.25) is 0 Å². The van der Waals surface area contributed by atoms with E-state index < -0.39 is 18.2 Å². The lowest BCUT2D eigenvalue weighted by molar-refractivity contribution is -0.151. The smallest absolute Gasteiger partial charge is 0.306 e. The van der Waals surface area contributed by atoms with Gasteiger partial charge in [-0.25, -0.2) is 0 Å². The minimum Gasteiger partial charge on any atom is -0.462 e. The molecule has 3 unspecified atom stereocenters. The first kappa shape index (κ1) is 57.3. The number of allylic oxidation sites excluding steroid dienone is 12. The molecular formula is C54H95NO5. The minimum atomic E-state index is -0.798. The van der Waals surface area contributed by atoms with Crippen LogP contribution >= 0.6 is 0 Å². The van der Waals surface area contributed by atoms with Crippen LogP contribution in [0.15, 0.2) is 72.9 Å². The molecule has 6 nitrogen and oxygen atoms in total. The van der Waals surface area contributed by atoms with E-state index in [1.165, 1.54) is 77.0 Å². The average molecular weight is 838 g/mol. The molecule has 0 aliphatic rings. The molecule has 0 spiro atoms. The Hall–Kier alpha value is -2.70. The maximum absolute atomic E-state index is 13.2. The van der Waals surface area contributed by atoms with Crippen LogP contribution < -0.4 is 5.32 Å². The number of amides is 1. The van der Waals surface area contributed by atoms with E-state index in [-0.39, 0.29) is 24.9 Å². The third kappa shape index (κ3) is 42.0. The summed E-state index contributed by atoms with van der Waals surface area (Å²) in [6, 6.07) is -0.713. The van der Waals surface area contributed by atoms with Crippen molar-refractivity contribution in [3.8, 4) is 0 Å². The van der Waals surface area contributed by atoms with Gasteiger partial charge >= 0.3 is 5.97 Å². The zero-order chi connectivity index (χ0) is 43.8. The number of hydrogen-bond donors (Lipinski definition) is 3. The molecule has 0 aromatic carbocycles. The van der Waals surface area contributed by atoms with Crippen molar-refractivity contribution in [2.75, 3.05) is 6.61 Å². The molecule has 0 radical (unpaired) electrons. The van der Waals surface area contributed by atoms with Crippen LogP contribution in [0.25, 0.3) is 0 Å². The number of nitrogens with one attached hydrogen (secondary N) is 1. The van der Waals surface area contributed by atoms with E-state index in [1.807, 2.05) is 18.2 Å². The van der Waals surface area contributed by atoms with Crippen LogP contribution in [0, 0.1) is 0 Å². The summed E-state index contributed by atoms with van der Waals surface area (Å²) < 4.78 is 5.91. The average Bonchev–Trinajstić information content (AvgIpc) is 3.24. The van der Waals surface area contributed by atoms with Gasteiger partial charge in [0.1, 0.15) is 6.10 Å². The highest BCUT2D eigenvalue weighted by atomic mass is 16.5. The Bertz CT molecular complexity index is 1120. The van der Waals surface area contributed by atoms with Crippen molar-refractivity contribution in [2.24, 2.45) is 0 Å². The Balaban J connectivity index is 4.61. The topological polar surface area (TPSA) is 95.9 Å². The van der Waals surface area contributed by atoms with E-state index in [1.54, 1.807) is 0 Å². The van der Waals surface area contributed by atoms with E-state index in [0.717, 1.165) is 109 Å². The molecule has 0 saturated carbocycles. The van der Waals surface area contributed by atoms with Crippen molar-refractivity contribution in [1.82, 2.24) is 5.32 Å². The molecule has 0 saturated heterocycles. The van der Waals surface area contributed by atoms with Gasteiger partial charge in [-0.2, -0.15) is 0 Å². The van der Waals surface area contributed by atoms with Gasteiger partial charge in [-0.1, -0.05) is 222 Å². The van der Waals surface area contributed by atoms with E-state index in [2.05, 4.69) is 80.8 Å². The van der Waals surface area contributed by atoms with E-state index >= 15 is 0 Å². The molecule has 60 heavy (non-hydrogen) atoms. The highest BCUT2D eigenvalue weighted by Crippen LogP contribution is 2.18. The Morgan fingerprint density at radius 1 is 0.517 bits per heavy atom. The second-order valence-corrected chi connectivity index (χ2v) is 16.9. The second-order valence-electron chi connectivity index (χ2n) is 16.9. The van der Waals surface area contributed by atoms with Crippen LogP contribution in [0.1, 0.15) is 233 Å². The molecule has 0 rings (SSSR count). The fourth-order valence-corrected chi connectivity index (χ4v) is 7.36. The van der Waals surface area contributed by atoms with Crippen LogP contribution in [-0.2, 0) is 14.3 Å². The fraction of sp³-hybridized carbons (Fsp3) is 0.741. The van der Waals surface area contributed by atoms with E-state index in [9.17, 15) is 19.8 Å². The maximum atomic E-state index is 13.2. The predicted octanol–water partition coefficient (Wildman–Crippen LogP) is 15.0. The van der Waals surface area contributed by atoms with Gasteiger partial charge in [0.15, 0.2) is 0 Å². The SMILES string of the molecule is CC/C=C/C=C/C=C/C=C\CCCCCCCC(=O)OC(CCCCCCC/C=C/C/C=C/CC)CC(=O)NC(CO)C(O)CCCCCCCCCCCCCCCC. The summed E-state index contributed by atoms with van der Waals surface area (Å²) >= 11 is 0. The molecule has 0 aliphatic carbocycles. The van der Waals surface area contributed by atoms with Gasteiger partial charge in [-0.3, -0.25) is 9.59 Å². The summed E-state index contributed by atoms with van der Waals surface area (Å²) in [5, 5.41) is 23.8. The van der Waals surface area contributed by atoms with Gasteiger partial charge in [0.05, 0.1) is 25.2 Å². The Morgan fingerprint density at radius 2 is 0.983 bits per heavy atom. The number of aliphatic hydroxyl groups excluding tert-OH is 2. The highest BCUT2D eigenvalue weighted by molar-refractivity contribution is 5.77. The number of aliphatic hydroxyl groups is 2. The molecule has 3 atom stereocenters. The van der Waals surface area contributed by atoms with E-state index in [4.69, 9.17) is 4.74 Å². The zero-order valence-corrected chi connectivity index (χ0v) is 39.3. The Labute approximate surface area is 371 Å². The largest absolute Gasteiger partial charge is 0.462 e. The third-order valence-electron chi connectivity index (χ3n) is 11.1. The lowest BCUT2D eigenvalue weighted by Crippen LogP contribution is -2.46. The van der Waals surface area contributed by atoms with Crippen LogP contribution in [0.3, 0.4) is 0 Å². The lowest BCUT2D eigenvalue weighted by atomic mass is 10.0. The molecule has 0 heterocycles. The maximum Gasteiger partial charge on any atom is 0.306 e. The van der Waals surface area contributed by atoms with Gasteiger partial charge in [-0.15, -0.1) is 0 Å². The van der Waals surface area contributed by atoms with Gasteiger partial charge in [0, 0.05) is 6.42 Å². The van der Waals surface area contributed by atoms with Crippen molar-refractivity contribution in [1.29, 1.82) is 0 Å². The molecular weight excluding hydrogens is 743 g/mol. The summed E-state index contributed by atoms with van der Waals surface area (Å²) in [7, 11) is 0. The molecule has 346 valence electrons. The summed E-state index contributed by atoms with van der Waals surface area (Å²) in [6.45, 7) is 6.23. The molecule has 0 bridgehead atoms. The number of unbranched alkanes of at least 4 members (excludes halogenated alkanes) is 23.